The zero-order valence-electron chi connectivity index (χ0n) is 9.77. The molecule has 4 heteroatoms. The summed E-state index contributed by atoms with van der Waals surface area (Å²) in [7, 11) is 0. The molecule has 1 aromatic carbocycles. The largest absolute Gasteiger partial charge is 0.272 e. The highest BCUT2D eigenvalue weighted by Gasteiger charge is 2.37. The third-order valence-corrected chi connectivity index (χ3v) is 3.90. The predicted octanol–water partition coefficient (Wildman–Crippen LogP) is 3.02. The first kappa shape index (κ1) is 11.5. The van der Waals surface area contributed by atoms with E-state index in [0.717, 1.165) is 18.6 Å². The second kappa shape index (κ2) is 4.58. The molecule has 0 heterocycles. The minimum Gasteiger partial charge on any atom is -0.267 e. The number of carbonyl (C=O) groups is 1. The van der Waals surface area contributed by atoms with Crippen molar-refractivity contribution in [3.05, 3.63) is 47.0 Å². The molecule has 3 rings (SSSR count). The second-order valence-electron chi connectivity index (χ2n) is 4.68. The van der Waals surface area contributed by atoms with E-state index in [1.165, 1.54) is 0 Å². The number of allylic oxidation sites excluding steroid dienone is 2. The highest BCUT2D eigenvalue weighted by molar-refractivity contribution is 6.33. The minimum atomic E-state index is -0.251. The number of fused-ring (bicyclic) bond motifs is 1. The molecule has 1 saturated carbocycles. The maximum Gasteiger partial charge on any atom is 0.272 e. The van der Waals surface area contributed by atoms with E-state index in [9.17, 15) is 4.79 Å². The number of carbonyl (C=O) groups excluding carboxylic acids is 1. The fourth-order valence-corrected chi connectivity index (χ4v) is 2.71. The number of nitrogens with zero attached hydrogens (tertiary/aromatic N) is 1. The number of halogens is 1. The number of hydrazone groups is 1. The van der Waals surface area contributed by atoms with Crippen molar-refractivity contribution < 1.29 is 4.79 Å². The van der Waals surface area contributed by atoms with Gasteiger partial charge in [-0.1, -0.05) is 35.9 Å². The molecule has 0 spiro atoms. The Balaban J connectivity index is 1.67. The fraction of sp³-hybridized carbons (Fsp3) is 0.286. The smallest absolute Gasteiger partial charge is 0.267 e. The summed E-state index contributed by atoms with van der Waals surface area (Å²) in [6, 6.07) is 6.97. The van der Waals surface area contributed by atoms with Crippen LogP contribution in [-0.4, -0.2) is 11.6 Å². The van der Waals surface area contributed by atoms with E-state index in [2.05, 4.69) is 22.7 Å². The summed E-state index contributed by atoms with van der Waals surface area (Å²) in [6.07, 6.45) is 6.49. The highest BCUT2D eigenvalue weighted by Crippen LogP contribution is 2.40. The number of hydrogen-bond donors (Lipinski definition) is 1. The number of rotatable bonds is 2. The van der Waals surface area contributed by atoms with Crippen LogP contribution in [0.15, 0.2) is 41.5 Å². The van der Waals surface area contributed by atoms with Crippen molar-refractivity contribution in [2.24, 2.45) is 16.9 Å². The first-order valence-corrected chi connectivity index (χ1v) is 6.41. The van der Waals surface area contributed by atoms with Gasteiger partial charge in [-0.25, -0.2) is 5.43 Å². The van der Waals surface area contributed by atoms with Crippen LogP contribution in [0.5, 0.6) is 0 Å². The van der Waals surface area contributed by atoms with E-state index < -0.39 is 0 Å². The number of nitrogens with one attached hydrogen (secondary N) is 1. The van der Waals surface area contributed by atoms with Gasteiger partial charge in [0, 0.05) is 11.6 Å². The van der Waals surface area contributed by atoms with Gasteiger partial charge < -0.3 is 0 Å². The minimum absolute atomic E-state index is 0.251. The number of hydrogen-bond acceptors (Lipinski definition) is 2. The third kappa shape index (κ3) is 1.95. The summed E-state index contributed by atoms with van der Waals surface area (Å²) < 4.78 is 0. The Morgan fingerprint density at radius 1 is 1.39 bits per heavy atom. The zero-order valence-corrected chi connectivity index (χ0v) is 10.5. The van der Waals surface area contributed by atoms with Crippen LogP contribution in [0.1, 0.15) is 23.2 Å². The maximum absolute atomic E-state index is 11.9. The Kier molecular flexibility index (Phi) is 2.92. The Morgan fingerprint density at radius 3 is 3.00 bits per heavy atom. The quantitative estimate of drug-likeness (QED) is 0.645. The number of amides is 1. The predicted molar refractivity (Wildman–Crippen MR) is 71.7 cm³/mol. The lowest BCUT2D eigenvalue weighted by molar-refractivity contribution is 0.0954. The van der Waals surface area contributed by atoms with Crippen LogP contribution >= 0.6 is 11.6 Å². The lowest BCUT2D eigenvalue weighted by Crippen LogP contribution is -2.35. The monoisotopic (exact) mass is 260 g/mol. The summed E-state index contributed by atoms with van der Waals surface area (Å²) in [6.45, 7) is 0. The molecule has 1 fully saturated rings. The van der Waals surface area contributed by atoms with Crippen molar-refractivity contribution in [2.75, 3.05) is 0 Å². The van der Waals surface area contributed by atoms with Crippen molar-refractivity contribution in [1.82, 2.24) is 5.43 Å². The van der Waals surface area contributed by atoms with Gasteiger partial charge in [0.2, 0.25) is 0 Å². The van der Waals surface area contributed by atoms with E-state index in [4.69, 9.17) is 11.6 Å². The normalized spacial score (nSPS) is 26.8. The van der Waals surface area contributed by atoms with Crippen LogP contribution in [0.4, 0.5) is 0 Å². The van der Waals surface area contributed by atoms with Gasteiger partial charge in [-0.05, 0) is 30.9 Å². The summed E-state index contributed by atoms with van der Waals surface area (Å²) in [5.41, 5.74) is 4.11. The van der Waals surface area contributed by atoms with E-state index in [1.807, 2.05) is 0 Å². The molecule has 0 radical (unpaired) electrons. The molecule has 0 aliphatic heterocycles. The lowest BCUT2D eigenvalue weighted by atomic mass is 9.74. The molecule has 0 bridgehead atoms. The average molecular weight is 261 g/mol. The molecule has 0 saturated heterocycles. The molecule has 18 heavy (non-hydrogen) atoms. The van der Waals surface area contributed by atoms with E-state index in [-0.39, 0.29) is 5.91 Å². The van der Waals surface area contributed by atoms with Crippen LogP contribution in [0.3, 0.4) is 0 Å². The molecule has 1 N–H and O–H groups in total. The third-order valence-electron chi connectivity index (χ3n) is 3.57. The number of benzene rings is 1. The maximum atomic E-state index is 11.9. The molecule has 0 aromatic heterocycles. The molecule has 2 aliphatic rings. The summed E-state index contributed by atoms with van der Waals surface area (Å²) in [5, 5.41) is 4.64. The molecular formula is C14H13ClN2O. The van der Waals surface area contributed by atoms with Crippen LogP contribution in [0, 0.1) is 11.8 Å². The van der Waals surface area contributed by atoms with E-state index in [1.54, 1.807) is 24.3 Å². The van der Waals surface area contributed by atoms with Crippen molar-refractivity contribution in [2.45, 2.75) is 12.8 Å². The van der Waals surface area contributed by atoms with Crippen molar-refractivity contribution >= 4 is 23.2 Å². The van der Waals surface area contributed by atoms with Gasteiger partial charge in [0.15, 0.2) is 0 Å². The molecule has 0 unspecified atom stereocenters. The van der Waals surface area contributed by atoms with Gasteiger partial charge in [0.25, 0.3) is 5.91 Å². The molecule has 2 atom stereocenters. The summed E-state index contributed by atoms with van der Waals surface area (Å²) in [4.78, 5) is 11.9. The van der Waals surface area contributed by atoms with E-state index >= 15 is 0 Å². The lowest BCUT2D eigenvalue weighted by Gasteiger charge is -2.31. The van der Waals surface area contributed by atoms with Crippen LogP contribution in [0.25, 0.3) is 0 Å². The zero-order chi connectivity index (χ0) is 12.5. The molecule has 3 nitrogen and oxygen atoms in total. The van der Waals surface area contributed by atoms with Gasteiger partial charge in [0.1, 0.15) is 0 Å². The van der Waals surface area contributed by atoms with Gasteiger partial charge in [-0.2, -0.15) is 5.10 Å². The van der Waals surface area contributed by atoms with E-state index in [0.29, 0.717) is 22.4 Å². The molecule has 1 amide bonds. The second-order valence-corrected chi connectivity index (χ2v) is 5.08. The Morgan fingerprint density at radius 2 is 2.22 bits per heavy atom. The van der Waals surface area contributed by atoms with Crippen LogP contribution < -0.4 is 5.43 Å². The molecule has 1 aromatic rings. The van der Waals surface area contributed by atoms with Gasteiger partial charge >= 0.3 is 0 Å². The van der Waals surface area contributed by atoms with Crippen molar-refractivity contribution in [3.63, 3.8) is 0 Å². The van der Waals surface area contributed by atoms with Crippen LogP contribution in [-0.2, 0) is 0 Å². The summed E-state index contributed by atoms with van der Waals surface area (Å²) >= 11 is 5.95. The average Bonchev–Trinajstić information content (AvgIpc) is 2.71. The van der Waals surface area contributed by atoms with Gasteiger partial charge in [-0.3, -0.25) is 4.79 Å². The first-order chi connectivity index (χ1) is 8.75. The first-order valence-electron chi connectivity index (χ1n) is 6.03. The van der Waals surface area contributed by atoms with Crippen LogP contribution in [0.2, 0.25) is 5.02 Å². The molecular weight excluding hydrogens is 248 g/mol. The SMILES string of the molecule is O=C(N/N=C1/C[C@H]2CC=C[C@@H]12)c1ccccc1Cl. The molecule has 2 aliphatic carbocycles. The Hall–Kier alpha value is -1.61. The summed E-state index contributed by atoms with van der Waals surface area (Å²) in [5.74, 6) is 0.899. The highest BCUT2D eigenvalue weighted by atomic mass is 35.5. The Bertz CT molecular complexity index is 550. The van der Waals surface area contributed by atoms with Gasteiger partial charge in [0.05, 0.1) is 10.6 Å². The topological polar surface area (TPSA) is 41.5 Å². The molecule has 92 valence electrons. The van der Waals surface area contributed by atoms with Crippen molar-refractivity contribution in [3.8, 4) is 0 Å². The fourth-order valence-electron chi connectivity index (χ4n) is 2.49. The Labute approximate surface area is 111 Å². The van der Waals surface area contributed by atoms with Gasteiger partial charge in [-0.15, -0.1) is 0 Å². The van der Waals surface area contributed by atoms with Crippen molar-refractivity contribution in [1.29, 1.82) is 0 Å². The standard InChI is InChI=1S/C14H13ClN2O/c15-12-7-2-1-5-11(12)14(18)17-16-13-8-9-4-3-6-10(9)13/h1-3,5-7,9-10H,4,8H2,(H,17,18)/b16-13-/t9-,10-/m1/s1.